The number of hydrogen-bond acceptors (Lipinski definition) is 2. The summed E-state index contributed by atoms with van der Waals surface area (Å²) in [6.07, 6.45) is 4.20. The van der Waals surface area contributed by atoms with Crippen LogP contribution < -0.4 is 5.32 Å². The lowest BCUT2D eigenvalue weighted by molar-refractivity contribution is 0.457. The second kappa shape index (κ2) is 6.16. The molecule has 1 heterocycles. The number of pyridine rings is 1. The summed E-state index contributed by atoms with van der Waals surface area (Å²) in [7, 11) is 0. The summed E-state index contributed by atoms with van der Waals surface area (Å²) >= 11 is 0. The number of nitrogens with zero attached hydrogens (tertiary/aromatic N) is 1. The molecular formula is C17H24N2. The Morgan fingerprint density at radius 3 is 2.79 bits per heavy atom. The molecule has 0 radical (unpaired) electrons. The van der Waals surface area contributed by atoms with E-state index in [4.69, 9.17) is 0 Å². The first kappa shape index (κ1) is 14.0. The molecule has 2 nitrogen and oxygen atoms in total. The molecule has 0 unspecified atom stereocenters. The van der Waals surface area contributed by atoms with Gasteiger partial charge in [0.15, 0.2) is 0 Å². The normalized spacial score (nSPS) is 11.9. The van der Waals surface area contributed by atoms with Gasteiger partial charge in [-0.15, -0.1) is 0 Å². The first-order valence-corrected chi connectivity index (χ1v) is 7.19. The molecule has 102 valence electrons. The highest BCUT2D eigenvalue weighted by Gasteiger charge is 2.20. The van der Waals surface area contributed by atoms with E-state index < -0.39 is 0 Å². The van der Waals surface area contributed by atoms with Gasteiger partial charge in [0, 0.05) is 11.6 Å². The highest BCUT2D eigenvalue weighted by atomic mass is 14.8. The van der Waals surface area contributed by atoms with E-state index in [1.54, 1.807) is 0 Å². The quantitative estimate of drug-likeness (QED) is 0.793. The maximum atomic E-state index is 4.38. The molecule has 0 aliphatic rings. The van der Waals surface area contributed by atoms with Gasteiger partial charge < -0.3 is 5.32 Å². The molecule has 1 N–H and O–H groups in total. The molecule has 2 rings (SSSR count). The van der Waals surface area contributed by atoms with Crippen molar-refractivity contribution in [3.63, 3.8) is 0 Å². The van der Waals surface area contributed by atoms with E-state index in [0.29, 0.717) is 0 Å². The van der Waals surface area contributed by atoms with E-state index in [2.05, 4.69) is 55.3 Å². The molecule has 0 amide bonds. The van der Waals surface area contributed by atoms with Gasteiger partial charge in [0.2, 0.25) is 0 Å². The number of fused-ring (bicyclic) bond motifs is 1. The Hall–Kier alpha value is -1.41. The lowest BCUT2D eigenvalue weighted by Gasteiger charge is -2.26. The van der Waals surface area contributed by atoms with Gasteiger partial charge in [-0.3, -0.25) is 4.98 Å². The molecule has 1 aromatic carbocycles. The average Bonchev–Trinajstić information content (AvgIpc) is 2.43. The van der Waals surface area contributed by atoms with Crippen molar-refractivity contribution in [2.45, 2.75) is 39.0 Å². The minimum Gasteiger partial charge on any atom is -0.317 e. The number of nitrogens with one attached hydrogen (secondary N) is 1. The maximum Gasteiger partial charge on any atom is 0.0702 e. The molecule has 0 bridgehead atoms. The van der Waals surface area contributed by atoms with Crippen LogP contribution >= 0.6 is 0 Å². The lowest BCUT2D eigenvalue weighted by Crippen LogP contribution is -2.25. The Kier molecular flexibility index (Phi) is 4.54. The predicted molar refractivity (Wildman–Crippen MR) is 82.5 cm³/mol. The van der Waals surface area contributed by atoms with Crippen LogP contribution in [-0.4, -0.2) is 18.1 Å². The molecule has 19 heavy (non-hydrogen) atoms. The minimum absolute atomic E-state index is 0.199. The molecule has 0 atom stereocenters. The van der Waals surface area contributed by atoms with Gasteiger partial charge in [-0.1, -0.05) is 32.9 Å². The van der Waals surface area contributed by atoms with Crippen LogP contribution in [0.4, 0.5) is 0 Å². The summed E-state index contributed by atoms with van der Waals surface area (Å²) in [4.78, 5) is 4.38. The van der Waals surface area contributed by atoms with Crippen LogP contribution in [-0.2, 0) is 5.41 Å². The van der Waals surface area contributed by atoms with Gasteiger partial charge in [-0.2, -0.15) is 0 Å². The Balaban J connectivity index is 2.12. The van der Waals surface area contributed by atoms with E-state index in [-0.39, 0.29) is 5.41 Å². The smallest absolute Gasteiger partial charge is 0.0702 e. The third-order valence-electron chi connectivity index (χ3n) is 3.74. The van der Waals surface area contributed by atoms with Gasteiger partial charge in [0.05, 0.1) is 5.52 Å². The predicted octanol–water partition coefficient (Wildman–Crippen LogP) is 3.90. The van der Waals surface area contributed by atoms with Crippen LogP contribution in [0.1, 0.15) is 39.2 Å². The van der Waals surface area contributed by atoms with Crippen molar-refractivity contribution in [2.75, 3.05) is 13.1 Å². The molecule has 2 aromatic rings. The summed E-state index contributed by atoms with van der Waals surface area (Å²) < 4.78 is 0. The highest BCUT2D eigenvalue weighted by Crippen LogP contribution is 2.28. The lowest BCUT2D eigenvalue weighted by atomic mass is 9.81. The maximum absolute atomic E-state index is 4.38. The largest absolute Gasteiger partial charge is 0.317 e. The van der Waals surface area contributed by atoms with Crippen LogP contribution in [0.5, 0.6) is 0 Å². The van der Waals surface area contributed by atoms with Gasteiger partial charge in [0.25, 0.3) is 0 Å². The first-order valence-electron chi connectivity index (χ1n) is 7.19. The minimum atomic E-state index is 0.199. The topological polar surface area (TPSA) is 24.9 Å². The van der Waals surface area contributed by atoms with Gasteiger partial charge in [-0.25, -0.2) is 0 Å². The molecule has 1 aromatic heterocycles. The SMILES string of the molecule is CCCNCCC(C)(C)c1ccc2ncccc2c1. The van der Waals surface area contributed by atoms with Crippen molar-refractivity contribution in [2.24, 2.45) is 0 Å². The van der Waals surface area contributed by atoms with E-state index in [9.17, 15) is 0 Å². The van der Waals surface area contributed by atoms with Crippen molar-refractivity contribution < 1.29 is 0 Å². The molecular weight excluding hydrogens is 232 g/mol. The van der Waals surface area contributed by atoms with Crippen LogP contribution in [0.2, 0.25) is 0 Å². The van der Waals surface area contributed by atoms with E-state index >= 15 is 0 Å². The third-order valence-corrected chi connectivity index (χ3v) is 3.74. The number of hydrogen-bond donors (Lipinski definition) is 1. The monoisotopic (exact) mass is 256 g/mol. The fourth-order valence-corrected chi connectivity index (χ4v) is 2.34. The summed E-state index contributed by atoms with van der Waals surface area (Å²) in [6, 6.07) is 10.8. The van der Waals surface area contributed by atoms with Crippen molar-refractivity contribution >= 4 is 10.9 Å². The van der Waals surface area contributed by atoms with E-state index in [0.717, 1.165) is 25.0 Å². The Morgan fingerprint density at radius 2 is 2.00 bits per heavy atom. The van der Waals surface area contributed by atoms with Gasteiger partial charge in [-0.05, 0) is 55.1 Å². The second-order valence-electron chi connectivity index (χ2n) is 5.79. The molecule has 2 heteroatoms. The molecule has 0 aliphatic heterocycles. The van der Waals surface area contributed by atoms with Crippen LogP contribution in [0.15, 0.2) is 36.5 Å². The summed E-state index contributed by atoms with van der Waals surface area (Å²) in [5.41, 5.74) is 2.67. The molecule has 0 aliphatic carbocycles. The van der Waals surface area contributed by atoms with Crippen LogP contribution in [0.3, 0.4) is 0 Å². The zero-order chi connectivity index (χ0) is 13.7. The van der Waals surface area contributed by atoms with Crippen LogP contribution in [0, 0.1) is 0 Å². The fourth-order valence-electron chi connectivity index (χ4n) is 2.34. The van der Waals surface area contributed by atoms with Crippen molar-refractivity contribution in [3.8, 4) is 0 Å². The van der Waals surface area contributed by atoms with Gasteiger partial charge >= 0.3 is 0 Å². The molecule has 0 fully saturated rings. The second-order valence-corrected chi connectivity index (χ2v) is 5.79. The highest BCUT2D eigenvalue weighted by molar-refractivity contribution is 5.79. The molecule has 0 saturated heterocycles. The number of aromatic nitrogens is 1. The standard InChI is InChI=1S/C17H24N2/c1-4-10-18-12-9-17(2,3)15-7-8-16-14(13-15)6-5-11-19-16/h5-8,11,13,18H,4,9-10,12H2,1-3H3. The van der Waals surface area contributed by atoms with E-state index in [1.165, 1.54) is 17.4 Å². The summed E-state index contributed by atoms with van der Waals surface area (Å²) in [5, 5.41) is 4.72. The zero-order valence-corrected chi connectivity index (χ0v) is 12.2. The third kappa shape index (κ3) is 3.54. The molecule has 0 saturated carbocycles. The van der Waals surface area contributed by atoms with Crippen molar-refractivity contribution in [3.05, 3.63) is 42.1 Å². The Morgan fingerprint density at radius 1 is 1.16 bits per heavy atom. The summed E-state index contributed by atoms with van der Waals surface area (Å²) in [5.74, 6) is 0. The number of rotatable bonds is 6. The zero-order valence-electron chi connectivity index (χ0n) is 12.2. The Labute approximate surface area is 116 Å². The first-order chi connectivity index (χ1) is 9.13. The van der Waals surface area contributed by atoms with Crippen molar-refractivity contribution in [1.82, 2.24) is 10.3 Å². The average molecular weight is 256 g/mol. The molecule has 0 spiro atoms. The Bertz CT molecular complexity index is 532. The van der Waals surface area contributed by atoms with Crippen molar-refractivity contribution in [1.29, 1.82) is 0 Å². The summed E-state index contributed by atoms with van der Waals surface area (Å²) in [6.45, 7) is 9.02. The van der Waals surface area contributed by atoms with Gasteiger partial charge in [0.1, 0.15) is 0 Å². The fraction of sp³-hybridized carbons (Fsp3) is 0.471. The number of benzene rings is 1. The van der Waals surface area contributed by atoms with E-state index in [1.807, 2.05) is 12.3 Å². The van der Waals surface area contributed by atoms with Crippen LogP contribution in [0.25, 0.3) is 10.9 Å².